The molecule has 1 N–H and O–H groups in total. The number of aliphatic carboxylic acids is 1. The predicted octanol–water partition coefficient (Wildman–Crippen LogP) is 2.35. The van der Waals surface area contributed by atoms with E-state index in [0.717, 1.165) is 4.90 Å². The molecule has 2 aliphatic rings. The largest absolute Gasteiger partial charge is 0.480 e. The first-order valence-electron chi connectivity index (χ1n) is 6.60. The van der Waals surface area contributed by atoms with Gasteiger partial charge in [0.1, 0.15) is 11.6 Å². The normalized spacial score (nSPS) is 32.0. The van der Waals surface area contributed by atoms with Crippen molar-refractivity contribution in [1.29, 1.82) is 0 Å². The van der Waals surface area contributed by atoms with Gasteiger partial charge in [-0.2, -0.15) is 0 Å². The maximum Gasteiger partial charge on any atom is 0.411 e. The smallest absolute Gasteiger partial charge is 0.411 e. The summed E-state index contributed by atoms with van der Waals surface area (Å²) in [6.07, 6.45) is -1.59. The number of alkyl halides is 2. The van der Waals surface area contributed by atoms with Crippen LogP contribution in [0.4, 0.5) is 13.6 Å². The number of hydrogen-bond acceptors (Lipinski definition) is 3. The minimum Gasteiger partial charge on any atom is -0.480 e. The number of carboxylic acids is 1. The molecule has 0 spiro atoms. The highest BCUT2D eigenvalue weighted by Gasteiger charge is 2.58. The SMILES string of the molecule is CC(C)(C)OC(=O)N1C[C@@H]2CC(F)(F)C[C@@H]2C1C(=O)O. The van der Waals surface area contributed by atoms with Gasteiger partial charge < -0.3 is 9.84 Å². The molecule has 2 rings (SSSR count). The second-order valence-electron chi connectivity index (χ2n) is 6.60. The van der Waals surface area contributed by atoms with E-state index in [0.29, 0.717) is 0 Å². The maximum atomic E-state index is 13.4. The Morgan fingerprint density at radius 2 is 1.90 bits per heavy atom. The first kappa shape index (κ1) is 15.0. The van der Waals surface area contributed by atoms with Crippen LogP contribution >= 0.6 is 0 Å². The summed E-state index contributed by atoms with van der Waals surface area (Å²) in [5.41, 5.74) is -0.748. The summed E-state index contributed by atoms with van der Waals surface area (Å²) in [7, 11) is 0. The van der Waals surface area contributed by atoms with Crippen LogP contribution in [-0.2, 0) is 9.53 Å². The minimum absolute atomic E-state index is 0.0200. The van der Waals surface area contributed by atoms with Gasteiger partial charge in [0.05, 0.1) is 0 Å². The Bertz CT molecular complexity index is 433. The zero-order valence-electron chi connectivity index (χ0n) is 11.7. The summed E-state index contributed by atoms with van der Waals surface area (Å²) >= 11 is 0. The molecule has 114 valence electrons. The number of carbonyl (C=O) groups is 2. The van der Waals surface area contributed by atoms with Gasteiger partial charge in [-0.1, -0.05) is 0 Å². The molecule has 0 radical (unpaired) electrons. The third kappa shape index (κ3) is 2.86. The number of hydrogen-bond donors (Lipinski definition) is 1. The van der Waals surface area contributed by atoms with Crippen LogP contribution in [0.15, 0.2) is 0 Å². The van der Waals surface area contributed by atoms with Crippen molar-refractivity contribution >= 4 is 12.1 Å². The average molecular weight is 291 g/mol. The quantitative estimate of drug-likeness (QED) is 0.805. The number of carbonyl (C=O) groups excluding carboxylic acids is 1. The fourth-order valence-electron chi connectivity index (χ4n) is 3.12. The number of amides is 1. The molecule has 20 heavy (non-hydrogen) atoms. The Kier molecular flexibility index (Phi) is 3.42. The molecule has 1 amide bonds. The van der Waals surface area contributed by atoms with Crippen LogP contribution in [0.3, 0.4) is 0 Å². The lowest BCUT2D eigenvalue weighted by Crippen LogP contribution is -2.46. The molecule has 3 atom stereocenters. The number of halogens is 2. The number of likely N-dealkylation sites (tertiary alicyclic amines) is 1. The van der Waals surface area contributed by atoms with E-state index in [2.05, 4.69) is 0 Å². The van der Waals surface area contributed by atoms with Crippen LogP contribution in [0.1, 0.15) is 33.6 Å². The topological polar surface area (TPSA) is 66.8 Å². The van der Waals surface area contributed by atoms with E-state index in [-0.39, 0.29) is 13.0 Å². The minimum atomic E-state index is -2.83. The molecule has 0 aromatic heterocycles. The van der Waals surface area contributed by atoms with Crippen LogP contribution in [0.25, 0.3) is 0 Å². The van der Waals surface area contributed by atoms with Gasteiger partial charge in [-0.25, -0.2) is 18.4 Å². The molecule has 7 heteroatoms. The molecular formula is C13H19F2NO4. The molecule has 1 heterocycles. The number of carboxylic acid groups (broad SMARTS) is 1. The molecule has 1 saturated heterocycles. The summed E-state index contributed by atoms with van der Waals surface area (Å²) in [5, 5.41) is 9.25. The van der Waals surface area contributed by atoms with Gasteiger partial charge in [-0.3, -0.25) is 4.90 Å². The van der Waals surface area contributed by atoms with Crippen molar-refractivity contribution < 1.29 is 28.2 Å². The number of rotatable bonds is 1. The Balaban J connectivity index is 2.16. The Morgan fingerprint density at radius 1 is 1.30 bits per heavy atom. The van der Waals surface area contributed by atoms with E-state index < -0.39 is 47.9 Å². The van der Waals surface area contributed by atoms with Crippen molar-refractivity contribution in [2.24, 2.45) is 11.8 Å². The molecule has 1 aliphatic carbocycles. The second kappa shape index (κ2) is 4.56. The standard InChI is InChI=1S/C13H19F2NO4/c1-12(2,3)20-11(19)16-6-7-4-13(14,15)5-8(7)9(16)10(17)18/h7-9H,4-6H2,1-3H3,(H,17,18)/t7-,8-,9?/m0/s1. The third-order valence-electron chi connectivity index (χ3n) is 3.75. The lowest BCUT2D eigenvalue weighted by atomic mass is 9.94. The predicted molar refractivity (Wildman–Crippen MR) is 65.5 cm³/mol. The van der Waals surface area contributed by atoms with Crippen molar-refractivity contribution in [3.63, 3.8) is 0 Å². The van der Waals surface area contributed by atoms with Gasteiger partial charge in [0.15, 0.2) is 0 Å². The van der Waals surface area contributed by atoms with Crippen molar-refractivity contribution in [3.8, 4) is 0 Å². The lowest BCUT2D eigenvalue weighted by Gasteiger charge is -2.28. The zero-order chi connectivity index (χ0) is 15.3. The fourth-order valence-corrected chi connectivity index (χ4v) is 3.12. The molecule has 0 bridgehead atoms. The molecule has 0 aromatic rings. The van der Waals surface area contributed by atoms with Crippen molar-refractivity contribution in [2.45, 2.75) is 51.2 Å². The van der Waals surface area contributed by atoms with Crippen LogP contribution in [0.5, 0.6) is 0 Å². The summed E-state index contributed by atoms with van der Waals surface area (Å²) in [6.45, 7) is 5.04. The Morgan fingerprint density at radius 3 is 2.40 bits per heavy atom. The van der Waals surface area contributed by atoms with E-state index in [1.807, 2.05) is 0 Å². The summed E-state index contributed by atoms with van der Waals surface area (Å²) < 4.78 is 31.9. The molecule has 5 nitrogen and oxygen atoms in total. The first-order valence-corrected chi connectivity index (χ1v) is 6.60. The highest BCUT2D eigenvalue weighted by molar-refractivity contribution is 5.81. The third-order valence-corrected chi connectivity index (χ3v) is 3.75. The Hall–Kier alpha value is -1.40. The Labute approximate surface area is 115 Å². The van der Waals surface area contributed by atoms with Crippen LogP contribution in [0.2, 0.25) is 0 Å². The molecule has 1 unspecified atom stereocenters. The molecule has 1 saturated carbocycles. The lowest BCUT2D eigenvalue weighted by molar-refractivity contribution is -0.143. The fraction of sp³-hybridized carbons (Fsp3) is 0.846. The average Bonchev–Trinajstić information content (AvgIpc) is 2.65. The first-order chi connectivity index (χ1) is 9.00. The van der Waals surface area contributed by atoms with E-state index >= 15 is 0 Å². The van der Waals surface area contributed by atoms with Crippen LogP contribution in [-0.4, -0.2) is 46.2 Å². The van der Waals surface area contributed by atoms with E-state index in [1.54, 1.807) is 20.8 Å². The summed E-state index contributed by atoms with van der Waals surface area (Å²) in [5.74, 6) is -5.25. The van der Waals surface area contributed by atoms with Gasteiger partial charge >= 0.3 is 12.1 Å². The number of fused-ring (bicyclic) bond motifs is 1. The number of ether oxygens (including phenoxy) is 1. The van der Waals surface area contributed by atoms with Crippen molar-refractivity contribution in [1.82, 2.24) is 4.90 Å². The van der Waals surface area contributed by atoms with E-state index in [9.17, 15) is 23.5 Å². The van der Waals surface area contributed by atoms with Gasteiger partial charge in [0.2, 0.25) is 5.92 Å². The van der Waals surface area contributed by atoms with Gasteiger partial charge in [0, 0.05) is 25.3 Å². The highest BCUT2D eigenvalue weighted by atomic mass is 19.3. The monoisotopic (exact) mass is 291 g/mol. The molecule has 1 aliphatic heterocycles. The second-order valence-corrected chi connectivity index (χ2v) is 6.60. The van der Waals surface area contributed by atoms with Gasteiger partial charge in [0.25, 0.3) is 0 Å². The van der Waals surface area contributed by atoms with E-state index in [4.69, 9.17) is 4.74 Å². The van der Waals surface area contributed by atoms with Crippen LogP contribution < -0.4 is 0 Å². The summed E-state index contributed by atoms with van der Waals surface area (Å²) in [4.78, 5) is 24.4. The highest BCUT2D eigenvalue weighted by Crippen LogP contribution is 2.49. The van der Waals surface area contributed by atoms with Crippen molar-refractivity contribution in [3.05, 3.63) is 0 Å². The van der Waals surface area contributed by atoms with Gasteiger partial charge in [-0.05, 0) is 26.7 Å². The van der Waals surface area contributed by atoms with Crippen LogP contribution in [0, 0.1) is 11.8 Å². The molecule has 0 aromatic carbocycles. The number of nitrogens with zero attached hydrogens (tertiary/aromatic N) is 1. The molecular weight excluding hydrogens is 272 g/mol. The van der Waals surface area contributed by atoms with Gasteiger partial charge in [-0.15, -0.1) is 0 Å². The zero-order valence-corrected chi connectivity index (χ0v) is 11.7. The molecule has 2 fully saturated rings. The van der Waals surface area contributed by atoms with Crippen molar-refractivity contribution in [2.75, 3.05) is 6.54 Å². The maximum absolute atomic E-state index is 13.4. The summed E-state index contributed by atoms with van der Waals surface area (Å²) in [6, 6.07) is -1.22. The van der Waals surface area contributed by atoms with E-state index in [1.165, 1.54) is 0 Å².